The van der Waals surface area contributed by atoms with Crippen LogP contribution in [0.4, 0.5) is 0 Å². The van der Waals surface area contributed by atoms with Crippen LogP contribution in [0.15, 0.2) is 4.52 Å². The highest BCUT2D eigenvalue weighted by atomic mass is 16.5. The molecular weight excluding hydrogens is 206 g/mol. The summed E-state index contributed by atoms with van der Waals surface area (Å²) in [6.45, 7) is 2.08. The fraction of sp³-hybridized carbons (Fsp3) is 0.818. The summed E-state index contributed by atoms with van der Waals surface area (Å²) in [4.78, 5) is 4.33. The maximum Gasteiger partial charge on any atom is 0.243 e. The first-order chi connectivity index (χ1) is 7.76. The molecule has 1 aliphatic rings. The first-order valence-electron chi connectivity index (χ1n) is 5.88. The van der Waals surface area contributed by atoms with Gasteiger partial charge in [-0.15, -0.1) is 0 Å². The summed E-state index contributed by atoms with van der Waals surface area (Å²) in [6.07, 6.45) is 4.22. The van der Waals surface area contributed by atoms with Crippen LogP contribution in [0.2, 0.25) is 0 Å². The molecule has 1 saturated carbocycles. The topological polar surface area (TPSA) is 74.2 Å². The van der Waals surface area contributed by atoms with E-state index in [9.17, 15) is 0 Å². The molecular formula is C11H19N3O2. The Labute approximate surface area is 95.3 Å². The molecule has 1 unspecified atom stereocenters. The molecule has 1 heterocycles. The van der Waals surface area contributed by atoms with E-state index in [1.807, 2.05) is 0 Å². The zero-order valence-electron chi connectivity index (χ0n) is 9.85. The van der Waals surface area contributed by atoms with Gasteiger partial charge in [-0.25, -0.2) is 0 Å². The van der Waals surface area contributed by atoms with Gasteiger partial charge in [-0.2, -0.15) is 4.98 Å². The average molecular weight is 225 g/mol. The Morgan fingerprint density at radius 3 is 2.88 bits per heavy atom. The summed E-state index contributed by atoms with van der Waals surface area (Å²) in [5.41, 5.74) is 5.92. The first kappa shape index (κ1) is 11.5. The van der Waals surface area contributed by atoms with E-state index >= 15 is 0 Å². The van der Waals surface area contributed by atoms with Gasteiger partial charge in [-0.05, 0) is 25.2 Å². The molecule has 2 atom stereocenters. The summed E-state index contributed by atoms with van der Waals surface area (Å²) >= 11 is 0. The average Bonchev–Trinajstić information content (AvgIpc) is 2.97. The van der Waals surface area contributed by atoms with Crippen molar-refractivity contribution in [3.63, 3.8) is 0 Å². The SMILES string of the molecule is CCC[C@@H](N)c1nc(C(OC)C2CC2)no1. The molecule has 2 rings (SSSR count). The van der Waals surface area contributed by atoms with E-state index in [0.29, 0.717) is 17.6 Å². The smallest absolute Gasteiger partial charge is 0.243 e. The van der Waals surface area contributed by atoms with E-state index in [1.54, 1.807) is 7.11 Å². The van der Waals surface area contributed by atoms with Gasteiger partial charge in [0.2, 0.25) is 11.7 Å². The molecule has 5 nitrogen and oxygen atoms in total. The number of aromatic nitrogens is 2. The summed E-state index contributed by atoms with van der Waals surface area (Å²) in [6, 6.07) is -0.150. The fourth-order valence-electron chi connectivity index (χ4n) is 1.86. The van der Waals surface area contributed by atoms with Gasteiger partial charge in [-0.1, -0.05) is 18.5 Å². The molecule has 0 spiro atoms. The van der Waals surface area contributed by atoms with Crippen LogP contribution in [-0.4, -0.2) is 17.3 Å². The molecule has 0 saturated heterocycles. The summed E-state index contributed by atoms with van der Waals surface area (Å²) in [5.74, 6) is 1.73. The molecule has 1 aromatic rings. The standard InChI is InChI=1S/C11H19N3O2/c1-3-4-8(12)11-13-10(14-16-11)9(15-2)7-5-6-7/h7-9H,3-6,12H2,1-2H3/t8-,9?/m1/s1. The lowest BCUT2D eigenvalue weighted by molar-refractivity contribution is 0.0751. The van der Waals surface area contributed by atoms with Crippen molar-refractivity contribution in [2.75, 3.05) is 7.11 Å². The largest absolute Gasteiger partial charge is 0.373 e. The fourth-order valence-corrected chi connectivity index (χ4v) is 1.86. The molecule has 1 aliphatic carbocycles. The van der Waals surface area contributed by atoms with E-state index in [1.165, 1.54) is 12.8 Å². The molecule has 1 aromatic heterocycles. The quantitative estimate of drug-likeness (QED) is 0.801. The predicted molar refractivity (Wildman–Crippen MR) is 58.6 cm³/mol. The lowest BCUT2D eigenvalue weighted by atomic mass is 10.2. The van der Waals surface area contributed by atoms with Gasteiger partial charge >= 0.3 is 0 Å². The van der Waals surface area contributed by atoms with Crippen molar-refractivity contribution in [2.45, 2.75) is 44.8 Å². The number of ether oxygens (including phenoxy) is 1. The van der Waals surface area contributed by atoms with Gasteiger partial charge in [0.15, 0.2) is 0 Å². The predicted octanol–water partition coefficient (Wildman–Crippen LogP) is 1.97. The number of nitrogens with zero attached hydrogens (tertiary/aromatic N) is 2. The Bertz CT molecular complexity index is 336. The first-order valence-corrected chi connectivity index (χ1v) is 5.88. The van der Waals surface area contributed by atoms with Crippen molar-refractivity contribution >= 4 is 0 Å². The Morgan fingerprint density at radius 2 is 2.31 bits per heavy atom. The molecule has 2 N–H and O–H groups in total. The van der Waals surface area contributed by atoms with Crippen LogP contribution in [0, 0.1) is 5.92 Å². The zero-order chi connectivity index (χ0) is 11.5. The van der Waals surface area contributed by atoms with Gasteiger partial charge in [0, 0.05) is 7.11 Å². The monoisotopic (exact) mass is 225 g/mol. The second-order valence-corrected chi connectivity index (χ2v) is 4.38. The molecule has 5 heteroatoms. The van der Waals surface area contributed by atoms with Crippen molar-refractivity contribution in [2.24, 2.45) is 11.7 Å². The molecule has 0 aromatic carbocycles. The zero-order valence-corrected chi connectivity index (χ0v) is 9.85. The van der Waals surface area contributed by atoms with Crippen LogP contribution < -0.4 is 5.73 Å². The van der Waals surface area contributed by atoms with E-state index in [4.69, 9.17) is 15.0 Å². The van der Waals surface area contributed by atoms with Crippen molar-refractivity contribution in [3.05, 3.63) is 11.7 Å². The van der Waals surface area contributed by atoms with Crippen LogP contribution in [0.1, 0.15) is 56.5 Å². The Morgan fingerprint density at radius 1 is 1.56 bits per heavy atom. The van der Waals surface area contributed by atoms with Crippen molar-refractivity contribution < 1.29 is 9.26 Å². The molecule has 0 aliphatic heterocycles. The second-order valence-electron chi connectivity index (χ2n) is 4.38. The molecule has 16 heavy (non-hydrogen) atoms. The lowest BCUT2D eigenvalue weighted by Gasteiger charge is -2.08. The van der Waals surface area contributed by atoms with Crippen LogP contribution >= 0.6 is 0 Å². The lowest BCUT2D eigenvalue weighted by Crippen LogP contribution is -2.11. The van der Waals surface area contributed by atoms with Crippen LogP contribution in [0.3, 0.4) is 0 Å². The Kier molecular flexibility index (Phi) is 3.56. The maximum atomic E-state index is 5.92. The number of methoxy groups -OCH3 is 1. The summed E-state index contributed by atoms with van der Waals surface area (Å²) in [5, 5.41) is 3.96. The van der Waals surface area contributed by atoms with E-state index in [0.717, 1.165) is 12.8 Å². The molecule has 0 amide bonds. The van der Waals surface area contributed by atoms with Gasteiger partial charge in [-0.3, -0.25) is 0 Å². The van der Waals surface area contributed by atoms with Crippen LogP contribution in [0.5, 0.6) is 0 Å². The van der Waals surface area contributed by atoms with E-state index in [2.05, 4.69) is 17.1 Å². The Hall–Kier alpha value is -0.940. The van der Waals surface area contributed by atoms with Gasteiger partial charge in [0.1, 0.15) is 6.10 Å². The van der Waals surface area contributed by atoms with E-state index in [-0.39, 0.29) is 12.1 Å². The number of rotatable bonds is 6. The van der Waals surface area contributed by atoms with Crippen molar-refractivity contribution in [1.82, 2.24) is 10.1 Å². The van der Waals surface area contributed by atoms with Gasteiger partial charge < -0.3 is 15.0 Å². The molecule has 1 fully saturated rings. The Balaban J connectivity index is 2.05. The highest BCUT2D eigenvalue weighted by Crippen LogP contribution is 2.42. The van der Waals surface area contributed by atoms with E-state index < -0.39 is 0 Å². The molecule has 0 radical (unpaired) electrons. The maximum absolute atomic E-state index is 5.92. The third-order valence-corrected chi connectivity index (χ3v) is 2.93. The minimum Gasteiger partial charge on any atom is -0.373 e. The van der Waals surface area contributed by atoms with Crippen molar-refractivity contribution in [1.29, 1.82) is 0 Å². The molecule has 90 valence electrons. The minimum atomic E-state index is -0.150. The number of hydrogen-bond acceptors (Lipinski definition) is 5. The van der Waals surface area contributed by atoms with Crippen molar-refractivity contribution in [3.8, 4) is 0 Å². The third-order valence-electron chi connectivity index (χ3n) is 2.93. The number of hydrogen-bond donors (Lipinski definition) is 1. The van der Waals surface area contributed by atoms with Gasteiger partial charge in [0.25, 0.3) is 0 Å². The number of nitrogens with two attached hydrogens (primary N) is 1. The van der Waals surface area contributed by atoms with Gasteiger partial charge in [0.05, 0.1) is 6.04 Å². The molecule has 0 bridgehead atoms. The van der Waals surface area contributed by atoms with Crippen LogP contribution in [-0.2, 0) is 4.74 Å². The highest BCUT2D eigenvalue weighted by Gasteiger charge is 2.35. The highest BCUT2D eigenvalue weighted by molar-refractivity contribution is 5.00. The third kappa shape index (κ3) is 2.41. The summed E-state index contributed by atoms with van der Waals surface area (Å²) < 4.78 is 10.6. The second kappa shape index (κ2) is 4.93. The van der Waals surface area contributed by atoms with Crippen LogP contribution in [0.25, 0.3) is 0 Å². The minimum absolute atomic E-state index is 0.0219. The normalized spacial score (nSPS) is 19.7. The summed E-state index contributed by atoms with van der Waals surface area (Å²) in [7, 11) is 1.69.